The number of primary amides is 1. The Kier molecular flexibility index (Phi) is 7.77. The van der Waals surface area contributed by atoms with Crippen molar-refractivity contribution in [2.75, 3.05) is 37.4 Å². The fourth-order valence-electron chi connectivity index (χ4n) is 2.76. The molecule has 0 fully saturated rings. The summed E-state index contributed by atoms with van der Waals surface area (Å²) in [5, 5.41) is 2.85. The second-order valence-electron chi connectivity index (χ2n) is 8.28. The summed E-state index contributed by atoms with van der Waals surface area (Å²) >= 11 is 0. The van der Waals surface area contributed by atoms with Crippen LogP contribution in [-0.2, 0) is 11.3 Å². The topological polar surface area (TPSA) is 101 Å². The molecule has 2 amide bonds. The monoisotopic (exact) mass is 413 g/mol. The molecule has 2 aromatic rings. The van der Waals surface area contributed by atoms with E-state index in [9.17, 15) is 9.59 Å². The van der Waals surface area contributed by atoms with Gasteiger partial charge in [0.2, 0.25) is 0 Å². The fourth-order valence-corrected chi connectivity index (χ4v) is 2.76. The number of pyridine rings is 1. The molecule has 0 saturated heterocycles. The normalized spacial score (nSPS) is 11.3. The van der Waals surface area contributed by atoms with Crippen LogP contribution in [0.15, 0.2) is 42.6 Å². The van der Waals surface area contributed by atoms with Gasteiger partial charge in [0.1, 0.15) is 11.3 Å². The zero-order valence-electron chi connectivity index (χ0n) is 18.3. The van der Waals surface area contributed by atoms with Crippen molar-refractivity contribution in [2.24, 2.45) is 5.73 Å². The van der Waals surface area contributed by atoms with Crippen molar-refractivity contribution < 1.29 is 14.3 Å². The van der Waals surface area contributed by atoms with Gasteiger partial charge in [-0.25, -0.2) is 4.79 Å². The number of rotatable bonds is 8. The standard InChI is InChI=1S/C22H31N5O3/c1-22(2,3)30-21(29)25-17-8-6-7-9-19(17)27(13-12-26(4)5)15-16-10-11-18(20(23)28)24-14-16/h6-11,14H,12-13,15H2,1-5H3,(H2,23,28)(H,25,29). The summed E-state index contributed by atoms with van der Waals surface area (Å²) in [7, 11) is 4.01. The fraction of sp³-hybridized carbons (Fsp3) is 0.409. The molecule has 0 unspecified atom stereocenters. The Labute approximate surface area is 178 Å². The van der Waals surface area contributed by atoms with Gasteiger partial charge in [0.05, 0.1) is 11.4 Å². The van der Waals surface area contributed by atoms with Gasteiger partial charge in [0.15, 0.2) is 0 Å². The number of para-hydroxylation sites is 2. The molecule has 3 N–H and O–H groups in total. The highest BCUT2D eigenvalue weighted by atomic mass is 16.6. The minimum atomic E-state index is -0.586. The second-order valence-corrected chi connectivity index (χ2v) is 8.28. The van der Waals surface area contributed by atoms with E-state index in [0.29, 0.717) is 12.2 Å². The van der Waals surface area contributed by atoms with Crippen LogP contribution >= 0.6 is 0 Å². The van der Waals surface area contributed by atoms with Crippen LogP contribution in [0.3, 0.4) is 0 Å². The number of nitrogens with one attached hydrogen (secondary N) is 1. The Balaban J connectivity index is 2.27. The summed E-state index contributed by atoms with van der Waals surface area (Å²) in [5.41, 5.74) is 7.37. The third-order valence-electron chi connectivity index (χ3n) is 4.15. The van der Waals surface area contributed by atoms with Crippen LogP contribution in [0.2, 0.25) is 0 Å². The third-order valence-corrected chi connectivity index (χ3v) is 4.15. The molecule has 0 aliphatic carbocycles. The van der Waals surface area contributed by atoms with Crippen LogP contribution < -0.4 is 16.0 Å². The molecule has 0 spiro atoms. The van der Waals surface area contributed by atoms with Gasteiger partial charge in [-0.05, 0) is 58.6 Å². The minimum absolute atomic E-state index is 0.227. The first-order valence-electron chi connectivity index (χ1n) is 9.78. The maximum absolute atomic E-state index is 12.3. The Bertz CT molecular complexity index is 860. The molecule has 162 valence electrons. The molecule has 8 heteroatoms. The lowest BCUT2D eigenvalue weighted by Crippen LogP contribution is -2.33. The molecule has 8 nitrogen and oxygen atoms in total. The zero-order valence-corrected chi connectivity index (χ0v) is 18.3. The molecule has 0 radical (unpaired) electrons. The summed E-state index contributed by atoms with van der Waals surface area (Å²) in [6.45, 7) is 7.55. The molecule has 0 saturated carbocycles. The van der Waals surface area contributed by atoms with Crippen molar-refractivity contribution in [1.82, 2.24) is 9.88 Å². The highest BCUT2D eigenvalue weighted by Crippen LogP contribution is 2.27. The number of hydrogen-bond acceptors (Lipinski definition) is 6. The molecule has 0 bridgehead atoms. The first kappa shape index (κ1) is 23.2. The first-order valence-corrected chi connectivity index (χ1v) is 9.78. The molecule has 30 heavy (non-hydrogen) atoms. The van der Waals surface area contributed by atoms with Crippen LogP contribution in [0.1, 0.15) is 36.8 Å². The minimum Gasteiger partial charge on any atom is -0.444 e. The predicted molar refractivity (Wildman–Crippen MR) is 119 cm³/mol. The lowest BCUT2D eigenvalue weighted by Gasteiger charge is -2.29. The van der Waals surface area contributed by atoms with Crippen molar-refractivity contribution in [2.45, 2.75) is 32.9 Å². The van der Waals surface area contributed by atoms with E-state index in [1.807, 2.05) is 65.2 Å². The average molecular weight is 414 g/mol. The Morgan fingerprint density at radius 2 is 1.80 bits per heavy atom. The predicted octanol–water partition coefficient (Wildman–Crippen LogP) is 3.10. The number of likely N-dealkylation sites (N-methyl/N-ethyl adjacent to an activating group) is 1. The Morgan fingerprint density at radius 3 is 2.37 bits per heavy atom. The van der Waals surface area contributed by atoms with E-state index in [-0.39, 0.29) is 5.69 Å². The van der Waals surface area contributed by atoms with E-state index in [0.717, 1.165) is 24.3 Å². The smallest absolute Gasteiger partial charge is 0.412 e. The van der Waals surface area contributed by atoms with Crippen molar-refractivity contribution in [3.8, 4) is 0 Å². The maximum Gasteiger partial charge on any atom is 0.412 e. The molecule has 0 aliphatic heterocycles. The van der Waals surface area contributed by atoms with Crippen LogP contribution in [0.5, 0.6) is 0 Å². The number of anilines is 2. The highest BCUT2D eigenvalue weighted by molar-refractivity contribution is 5.91. The molecule has 0 aliphatic rings. The van der Waals surface area contributed by atoms with Gasteiger partial charge in [-0.3, -0.25) is 15.1 Å². The van der Waals surface area contributed by atoms with E-state index >= 15 is 0 Å². The van der Waals surface area contributed by atoms with Crippen LogP contribution in [0.4, 0.5) is 16.2 Å². The Morgan fingerprint density at radius 1 is 1.10 bits per heavy atom. The summed E-state index contributed by atoms with van der Waals surface area (Å²) in [6.07, 6.45) is 1.14. The van der Waals surface area contributed by atoms with Crippen LogP contribution in [0.25, 0.3) is 0 Å². The molecule has 0 atom stereocenters. The summed E-state index contributed by atoms with van der Waals surface area (Å²) in [5.74, 6) is -0.557. The van der Waals surface area contributed by atoms with Gasteiger partial charge in [-0.15, -0.1) is 0 Å². The van der Waals surface area contributed by atoms with E-state index in [4.69, 9.17) is 10.5 Å². The van der Waals surface area contributed by atoms with Gasteiger partial charge < -0.3 is 20.3 Å². The molecular weight excluding hydrogens is 382 g/mol. The number of nitrogens with zero attached hydrogens (tertiary/aromatic N) is 3. The van der Waals surface area contributed by atoms with Crippen molar-refractivity contribution in [3.05, 3.63) is 53.9 Å². The lowest BCUT2D eigenvalue weighted by molar-refractivity contribution is 0.0635. The van der Waals surface area contributed by atoms with Gasteiger partial charge in [-0.2, -0.15) is 0 Å². The summed E-state index contributed by atoms with van der Waals surface area (Å²) in [6, 6.07) is 11.0. The lowest BCUT2D eigenvalue weighted by atomic mass is 10.2. The number of hydrogen-bond donors (Lipinski definition) is 2. The van der Waals surface area contributed by atoms with E-state index in [1.54, 1.807) is 12.3 Å². The maximum atomic E-state index is 12.3. The first-order chi connectivity index (χ1) is 14.0. The van der Waals surface area contributed by atoms with E-state index in [2.05, 4.69) is 20.1 Å². The largest absolute Gasteiger partial charge is 0.444 e. The van der Waals surface area contributed by atoms with Crippen molar-refractivity contribution >= 4 is 23.4 Å². The number of carbonyl (C=O) groups is 2. The summed E-state index contributed by atoms with van der Waals surface area (Å²) in [4.78, 5) is 32.0. The SMILES string of the molecule is CN(C)CCN(Cc1ccc(C(N)=O)nc1)c1ccccc1NC(=O)OC(C)(C)C. The van der Waals surface area contributed by atoms with Gasteiger partial charge >= 0.3 is 6.09 Å². The number of amides is 2. The zero-order chi connectivity index (χ0) is 22.3. The second kappa shape index (κ2) is 10.1. The Hall–Kier alpha value is -3.13. The van der Waals surface area contributed by atoms with Gasteiger partial charge in [-0.1, -0.05) is 18.2 Å². The van der Waals surface area contributed by atoms with Crippen LogP contribution in [0, 0.1) is 0 Å². The number of aromatic nitrogens is 1. The average Bonchev–Trinajstić information content (AvgIpc) is 2.64. The molecule has 1 heterocycles. The molecule has 1 aromatic heterocycles. The molecule has 2 rings (SSSR count). The number of ether oxygens (including phenoxy) is 1. The van der Waals surface area contributed by atoms with Gasteiger partial charge in [0.25, 0.3) is 5.91 Å². The molecule has 1 aromatic carbocycles. The number of nitrogens with two attached hydrogens (primary N) is 1. The summed E-state index contributed by atoms with van der Waals surface area (Å²) < 4.78 is 5.40. The number of benzene rings is 1. The third kappa shape index (κ3) is 7.36. The quantitative estimate of drug-likeness (QED) is 0.690. The van der Waals surface area contributed by atoms with Gasteiger partial charge in [0, 0.05) is 25.8 Å². The van der Waals surface area contributed by atoms with E-state index in [1.165, 1.54) is 0 Å². The van der Waals surface area contributed by atoms with Crippen molar-refractivity contribution in [1.29, 1.82) is 0 Å². The van der Waals surface area contributed by atoms with Crippen LogP contribution in [-0.4, -0.2) is 54.7 Å². The molecular formula is C22H31N5O3. The van der Waals surface area contributed by atoms with Crippen molar-refractivity contribution in [3.63, 3.8) is 0 Å². The van der Waals surface area contributed by atoms with E-state index < -0.39 is 17.6 Å². The highest BCUT2D eigenvalue weighted by Gasteiger charge is 2.19. The number of carbonyl (C=O) groups excluding carboxylic acids is 2.